The summed E-state index contributed by atoms with van der Waals surface area (Å²) in [6.07, 6.45) is 4.69. The van der Waals surface area contributed by atoms with Crippen molar-refractivity contribution in [2.45, 2.75) is 26.3 Å². The Balaban J connectivity index is 1.26. The van der Waals surface area contributed by atoms with E-state index in [1.807, 2.05) is 55.5 Å². The number of hydroxylamine groups is 1. The molecular formula is C29H28N6O4. The first kappa shape index (κ1) is 24.7. The van der Waals surface area contributed by atoms with Crippen LogP contribution in [0.5, 0.6) is 0 Å². The third-order valence-corrected chi connectivity index (χ3v) is 7.19. The summed E-state index contributed by atoms with van der Waals surface area (Å²) < 4.78 is 7.92. The number of aryl methyl sites for hydroxylation is 1. The van der Waals surface area contributed by atoms with Crippen LogP contribution in [0, 0.1) is 12.8 Å². The number of nitrogens with one attached hydrogen (secondary N) is 1. The Morgan fingerprint density at radius 2 is 1.87 bits per heavy atom. The van der Waals surface area contributed by atoms with Crippen LogP contribution >= 0.6 is 0 Å². The number of nitrogens with zero attached hydrogens (tertiary/aromatic N) is 5. The van der Waals surface area contributed by atoms with Gasteiger partial charge in [0, 0.05) is 37.4 Å². The zero-order valence-corrected chi connectivity index (χ0v) is 21.8. The lowest BCUT2D eigenvalue weighted by Crippen LogP contribution is -2.37. The molecule has 2 aromatic carbocycles. The lowest BCUT2D eigenvalue weighted by Gasteiger charge is -2.32. The Kier molecular flexibility index (Phi) is 6.54. The molecule has 10 heteroatoms. The lowest BCUT2D eigenvalue weighted by atomic mass is 9.96. The third-order valence-electron chi connectivity index (χ3n) is 7.19. The molecule has 0 bridgehead atoms. The zero-order chi connectivity index (χ0) is 26.9. The Morgan fingerprint density at radius 1 is 1.10 bits per heavy atom. The Bertz CT molecular complexity index is 1690. The highest BCUT2D eigenvalue weighted by molar-refractivity contribution is 5.92. The van der Waals surface area contributed by atoms with E-state index >= 15 is 0 Å². The number of carbonyl (C=O) groups excluding carboxylic acids is 1. The summed E-state index contributed by atoms with van der Waals surface area (Å²) in [7, 11) is 1.38. The lowest BCUT2D eigenvalue weighted by molar-refractivity contribution is 0.0537. The maximum Gasteiger partial charge on any atom is 0.277 e. The monoisotopic (exact) mass is 524 g/mol. The fourth-order valence-corrected chi connectivity index (χ4v) is 5.11. The summed E-state index contributed by atoms with van der Waals surface area (Å²) in [6.45, 7) is 3.99. The first-order valence-electron chi connectivity index (χ1n) is 12.9. The molecule has 0 spiro atoms. The predicted molar refractivity (Wildman–Crippen MR) is 147 cm³/mol. The molecule has 39 heavy (non-hydrogen) atoms. The minimum Gasteiger partial charge on any atom is -0.453 e. The molecule has 1 aliphatic heterocycles. The molecule has 0 atom stereocenters. The number of hydrogen-bond donors (Lipinski definition) is 1. The molecule has 3 aromatic heterocycles. The molecular weight excluding hydrogens is 496 g/mol. The zero-order valence-electron chi connectivity index (χ0n) is 21.8. The number of piperidine rings is 1. The molecule has 0 aliphatic carbocycles. The number of fused-ring (bicyclic) bond motifs is 2. The Labute approximate surface area is 224 Å². The van der Waals surface area contributed by atoms with Gasteiger partial charge in [0.05, 0.1) is 23.6 Å². The van der Waals surface area contributed by atoms with E-state index in [0.717, 1.165) is 42.5 Å². The van der Waals surface area contributed by atoms with Crippen LogP contribution in [0.3, 0.4) is 0 Å². The number of amides is 1. The second-order valence-electron chi connectivity index (χ2n) is 9.86. The van der Waals surface area contributed by atoms with Gasteiger partial charge in [0.1, 0.15) is 5.58 Å². The van der Waals surface area contributed by atoms with E-state index in [4.69, 9.17) is 9.40 Å². The van der Waals surface area contributed by atoms with E-state index in [-0.39, 0.29) is 11.5 Å². The van der Waals surface area contributed by atoms with E-state index < -0.39 is 5.91 Å². The van der Waals surface area contributed by atoms with E-state index in [1.165, 1.54) is 19.5 Å². The molecule has 4 heterocycles. The van der Waals surface area contributed by atoms with Gasteiger partial charge >= 0.3 is 0 Å². The first-order chi connectivity index (χ1) is 19.0. The fourth-order valence-electron chi connectivity index (χ4n) is 5.11. The molecule has 6 rings (SSSR count). The topological polar surface area (TPSA) is 115 Å². The van der Waals surface area contributed by atoms with Crippen LogP contribution in [0.25, 0.3) is 33.5 Å². The SMILES string of the molecule is CONC(=O)c1cnc(N2CCC(Cn3c(-c4cc5ccccc5o4)nc4ccc(C)cc4c3=O)CC2)nc1. The van der Waals surface area contributed by atoms with E-state index in [0.29, 0.717) is 40.5 Å². The minimum atomic E-state index is -0.396. The summed E-state index contributed by atoms with van der Waals surface area (Å²) in [5.74, 6) is 1.57. The number of para-hydroxylation sites is 1. The molecule has 1 N–H and O–H groups in total. The largest absolute Gasteiger partial charge is 0.453 e. The van der Waals surface area contributed by atoms with Gasteiger partial charge in [-0.05, 0) is 49.9 Å². The van der Waals surface area contributed by atoms with Crippen LogP contribution in [-0.2, 0) is 11.4 Å². The van der Waals surface area contributed by atoms with Crippen LogP contribution in [0.2, 0.25) is 0 Å². The molecule has 0 unspecified atom stereocenters. The predicted octanol–water partition coefficient (Wildman–Crippen LogP) is 4.12. The number of furan rings is 1. The van der Waals surface area contributed by atoms with Crippen molar-refractivity contribution in [2.75, 3.05) is 25.1 Å². The van der Waals surface area contributed by atoms with Crippen LogP contribution in [-0.4, -0.2) is 45.6 Å². The van der Waals surface area contributed by atoms with Crippen molar-refractivity contribution in [3.05, 3.63) is 82.4 Å². The van der Waals surface area contributed by atoms with Gasteiger partial charge in [-0.3, -0.25) is 19.0 Å². The van der Waals surface area contributed by atoms with Crippen molar-refractivity contribution < 1.29 is 14.0 Å². The average molecular weight is 525 g/mol. The van der Waals surface area contributed by atoms with Gasteiger partial charge in [0.15, 0.2) is 11.6 Å². The van der Waals surface area contributed by atoms with E-state index in [2.05, 4.69) is 25.2 Å². The maximum atomic E-state index is 13.8. The average Bonchev–Trinajstić information content (AvgIpc) is 3.40. The van der Waals surface area contributed by atoms with Crippen molar-refractivity contribution in [2.24, 2.45) is 5.92 Å². The number of rotatable bonds is 6. The van der Waals surface area contributed by atoms with E-state index in [1.54, 1.807) is 4.57 Å². The Hall–Kier alpha value is -4.57. The van der Waals surface area contributed by atoms with Gasteiger partial charge in [-0.25, -0.2) is 20.4 Å². The quantitative estimate of drug-likeness (QED) is 0.330. The molecule has 0 saturated carbocycles. The molecule has 10 nitrogen and oxygen atoms in total. The number of aromatic nitrogens is 4. The van der Waals surface area contributed by atoms with Gasteiger partial charge < -0.3 is 9.32 Å². The Morgan fingerprint density at radius 3 is 2.62 bits per heavy atom. The summed E-state index contributed by atoms with van der Waals surface area (Å²) in [5, 5.41) is 1.58. The number of carbonyl (C=O) groups is 1. The van der Waals surface area contributed by atoms with Gasteiger partial charge in [-0.15, -0.1) is 0 Å². The molecule has 0 radical (unpaired) electrons. The molecule has 1 saturated heterocycles. The van der Waals surface area contributed by atoms with Crippen molar-refractivity contribution in [3.8, 4) is 11.6 Å². The third kappa shape index (κ3) is 4.86. The minimum absolute atomic E-state index is 0.0603. The second kappa shape index (κ2) is 10.3. The standard InChI is InChI=1S/C29H28N6O4/c1-18-7-8-23-22(13-18)28(37)35(26(32-23)25-14-20-5-3-4-6-24(20)39-25)17-19-9-11-34(12-10-19)29-30-15-21(16-31-29)27(36)33-38-2/h3-8,13-16,19H,9-12,17H2,1-2H3,(H,33,36). The van der Waals surface area contributed by atoms with Crippen molar-refractivity contribution in [1.82, 2.24) is 25.0 Å². The van der Waals surface area contributed by atoms with Crippen molar-refractivity contribution in [3.63, 3.8) is 0 Å². The van der Waals surface area contributed by atoms with Crippen LogP contribution in [0.1, 0.15) is 28.8 Å². The highest BCUT2D eigenvalue weighted by atomic mass is 16.6. The highest BCUT2D eigenvalue weighted by Crippen LogP contribution is 2.29. The summed E-state index contributed by atoms with van der Waals surface area (Å²) in [4.78, 5) is 46.1. The van der Waals surface area contributed by atoms with Gasteiger partial charge in [-0.1, -0.05) is 29.8 Å². The summed E-state index contributed by atoms with van der Waals surface area (Å²) in [6, 6.07) is 15.5. The highest BCUT2D eigenvalue weighted by Gasteiger charge is 2.25. The number of benzene rings is 2. The normalized spacial score (nSPS) is 14.3. The van der Waals surface area contributed by atoms with Crippen LogP contribution in [0.4, 0.5) is 5.95 Å². The molecule has 198 valence electrons. The number of anilines is 1. The van der Waals surface area contributed by atoms with Crippen LogP contribution < -0.4 is 15.9 Å². The van der Waals surface area contributed by atoms with E-state index in [9.17, 15) is 9.59 Å². The van der Waals surface area contributed by atoms with Crippen molar-refractivity contribution >= 4 is 33.7 Å². The molecule has 1 aliphatic rings. The summed E-state index contributed by atoms with van der Waals surface area (Å²) >= 11 is 0. The first-order valence-corrected chi connectivity index (χ1v) is 12.9. The van der Waals surface area contributed by atoms with Gasteiger partial charge in [0.2, 0.25) is 5.95 Å². The van der Waals surface area contributed by atoms with Crippen molar-refractivity contribution in [1.29, 1.82) is 0 Å². The van der Waals surface area contributed by atoms with Crippen LogP contribution in [0.15, 0.2) is 70.1 Å². The summed E-state index contributed by atoms with van der Waals surface area (Å²) in [5.41, 5.74) is 4.96. The fraction of sp³-hybridized carbons (Fsp3) is 0.276. The molecule has 5 aromatic rings. The second-order valence-corrected chi connectivity index (χ2v) is 9.86. The maximum absolute atomic E-state index is 13.8. The molecule has 1 fully saturated rings. The van der Waals surface area contributed by atoms with Gasteiger partial charge in [0.25, 0.3) is 11.5 Å². The number of hydrogen-bond acceptors (Lipinski definition) is 8. The van der Waals surface area contributed by atoms with Gasteiger partial charge in [-0.2, -0.15) is 0 Å². The molecule has 1 amide bonds. The smallest absolute Gasteiger partial charge is 0.277 e.